The summed E-state index contributed by atoms with van der Waals surface area (Å²) in [6, 6.07) is 15.5. The van der Waals surface area contributed by atoms with Crippen molar-refractivity contribution in [3.05, 3.63) is 60.2 Å². The summed E-state index contributed by atoms with van der Waals surface area (Å²) in [7, 11) is 0. The van der Waals surface area contributed by atoms with Crippen molar-refractivity contribution in [3.8, 4) is 5.75 Å². The monoisotopic (exact) mass is 431 g/mol. The van der Waals surface area contributed by atoms with E-state index in [0.29, 0.717) is 5.69 Å². The first-order valence-electron chi connectivity index (χ1n) is 7.50. The van der Waals surface area contributed by atoms with E-state index in [1.54, 1.807) is 12.1 Å². The van der Waals surface area contributed by atoms with E-state index in [2.05, 4.69) is 16.0 Å². The molecule has 9 heteroatoms. The molecule has 1 atom stereocenters. The number of anilines is 1. The number of thiocarbonyl (C=S) groups is 1. The van der Waals surface area contributed by atoms with Gasteiger partial charge in [-0.15, -0.1) is 0 Å². The molecule has 5 nitrogen and oxygen atoms in total. The van der Waals surface area contributed by atoms with Gasteiger partial charge >= 0.3 is 0 Å². The summed E-state index contributed by atoms with van der Waals surface area (Å²) in [6.07, 6.45) is -0.923. The number of aromatic hydroxyl groups is 1. The number of hydrogen-bond donors (Lipinski definition) is 4. The van der Waals surface area contributed by atoms with Crippen LogP contribution in [0, 0.1) is 0 Å². The summed E-state index contributed by atoms with van der Waals surface area (Å²) < 4.78 is -1.84. The molecule has 0 saturated heterocycles. The lowest BCUT2D eigenvalue weighted by Crippen LogP contribution is -2.56. The molecule has 138 valence electrons. The molecule has 0 fully saturated rings. The number of carbonyl (C=O) groups excluding carboxylic acids is 1. The Bertz CT molecular complexity index is 769. The molecule has 2 rings (SSSR count). The van der Waals surface area contributed by atoms with E-state index in [4.69, 9.17) is 47.0 Å². The van der Waals surface area contributed by atoms with Gasteiger partial charge in [-0.05, 0) is 29.9 Å². The van der Waals surface area contributed by atoms with E-state index >= 15 is 0 Å². The second-order valence-electron chi connectivity index (χ2n) is 5.35. The minimum atomic E-state index is -1.84. The van der Waals surface area contributed by atoms with Gasteiger partial charge in [-0.1, -0.05) is 71.2 Å². The first-order valence-corrected chi connectivity index (χ1v) is 9.05. The molecule has 0 spiro atoms. The smallest absolute Gasteiger partial charge is 0.228 e. The first-order chi connectivity index (χ1) is 12.2. The number of halogens is 3. The molecule has 0 aliphatic heterocycles. The van der Waals surface area contributed by atoms with Crippen LogP contribution in [0.3, 0.4) is 0 Å². The molecule has 0 radical (unpaired) electrons. The van der Waals surface area contributed by atoms with Crippen LogP contribution in [0.4, 0.5) is 5.69 Å². The standard InChI is InChI=1S/C17H16Cl3N3O2S/c18-17(19,20)15(22-14(25)9-11-5-2-1-3-6-11)23-16(26)21-12-7-4-8-13(24)10-12/h1-8,10,15,24H,9H2,(H,22,25)(H2,21,23,26)/t15-/m0/s1. The summed E-state index contributed by atoms with van der Waals surface area (Å²) >= 11 is 23.0. The minimum Gasteiger partial charge on any atom is -0.508 e. The quantitative estimate of drug-likeness (QED) is 0.329. The molecule has 0 heterocycles. The number of benzene rings is 2. The Kier molecular flexibility index (Phi) is 7.34. The van der Waals surface area contributed by atoms with Crippen LogP contribution in [0.15, 0.2) is 54.6 Å². The number of phenolic OH excluding ortho intramolecular Hbond substituents is 1. The molecular weight excluding hydrogens is 417 g/mol. The van der Waals surface area contributed by atoms with E-state index in [0.717, 1.165) is 5.56 Å². The maximum absolute atomic E-state index is 12.2. The van der Waals surface area contributed by atoms with E-state index in [1.807, 2.05) is 30.3 Å². The van der Waals surface area contributed by atoms with Crippen molar-refractivity contribution in [2.45, 2.75) is 16.4 Å². The molecule has 26 heavy (non-hydrogen) atoms. The second kappa shape index (κ2) is 9.28. The summed E-state index contributed by atoms with van der Waals surface area (Å²) in [4.78, 5) is 12.2. The number of nitrogens with one attached hydrogen (secondary N) is 3. The van der Waals surface area contributed by atoms with Gasteiger partial charge in [0.25, 0.3) is 0 Å². The van der Waals surface area contributed by atoms with Crippen molar-refractivity contribution in [2.75, 3.05) is 5.32 Å². The zero-order valence-corrected chi connectivity index (χ0v) is 16.5. The lowest BCUT2D eigenvalue weighted by atomic mass is 10.1. The maximum Gasteiger partial charge on any atom is 0.228 e. The van der Waals surface area contributed by atoms with Crippen molar-refractivity contribution in [2.24, 2.45) is 0 Å². The summed E-state index contributed by atoms with van der Waals surface area (Å²) in [6.45, 7) is 0. The van der Waals surface area contributed by atoms with Gasteiger partial charge in [0.2, 0.25) is 9.70 Å². The van der Waals surface area contributed by atoms with Crippen LogP contribution in [-0.2, 0) is 11.2 Å². The van der Waals surface area contributed by atoms with Crippen molar-refractivity contribution in [1.82, 2.24) is 10.6 Å². The Morgan fingerprint density at radius 2 is 1.77 bits per heavy atom. The Balaban J connectivity index is 1.98. The fourth-order valence-electron chi connectivity index (χ4n) is 2.07. The molecule has 0 aromatic heterocycles. The molecule has 2 aromatic rings. The lowest BCUT2D eigenvalue weighted by molar-refractivity contribution is -0.121. The third-order valence-corrected chi connectivity index (χ3v) is 4.09. The second-order valence-corrected chi connectivity index (χ2v) is 8.13. The maximum atomic E-state index is 12.2. The zero-order chi connectivity index (χ0) is 19.2. The third kappa shape index (κ3) is 6.88. The molecular formula is C17H16Cl3N3O2S. The number of phenols is 1. The highest BCUT2D eigenvalue weighted by Crippen LogP contribution is 2.29. The molecule has 0 bridgehead atoms. The van der Waals surface area contributed by atoms with Crippen LogP contribution in [-0.4, -0.2) is 26.1 Å². The van der Waals surface area contributed by atoms with Gasteiger partial charge < -0.3 is 21.1 Å². The van der Waals surface area contributed by atoms with Crippen molar-refractivity contribution < 1.29 is 9.90 Å². The van der Waals surface area contributed by atoms with Crippen LogP contribution in [0.2, 0.25) is 0 Å². The summed E-state index contributed by atoms with van der Waals surface area (Å²) in [5.41, 5.74) is 1.37. The highest BCUT2D eigenvalue weighted by atomic mass is 35.6. The van der Waals surface area contributed by atoms with Gasteiger partial charge in [0.05, 0.1) is 6.42 Å². The normalized spacial score (nSPS) is 12.1. The number of hydrogen-bond acceptors (Lipinski definition) is 3. The molecule has 1 amide bonds. The predicted octanol–water partition coefficient (Wildman–Crippen LogP) is 3.73. The number of carbonyl (C=O) groups is 1. The molecule has 2 aromatic carbocycles. The number of rotatable bonds is 5. The van der Waals surface area contributed by atoms with Crippen LogP contribution >= 0.6 is 47.0 Å². The average Bonchev–Trinajstić information content (AvgIpc) is 2.54. The fourth-order valence-corrected chi connectivity index (χ4v) is 2.64. The van der Waals surface area contributed by atoms with Gasteiger partial charge in [0, 0.05) is 11.8 Å². The van der Waals surface area contributed by atoms with E-state index < -0.39 is 9.96 Å². The van der Waals surface area contributed by atoms with Gasteiger partial charge in [-0.3, -0.25) is 4.79 Å². The number of alkyl halides is 3. The lowest BCUT2D eigenvalue weighted by Gasteiger charge is -2.27. The predicted molar refractivity (Wildman–Crippen MR) is 110 cm³/mol. The van der Waals surface area contributed by atoms with E-state index in [-0.39, 0.29) is 23.2 Å². The van der Waals surface area contributed by atoms with Crippen LogP contribution < -0.4 is 16.0 Å². The minimum absolute atomic E-state index is 0.0758. The Morgan fingerprint density at radius 3 is 2.38 bits per heavy atom. The highest BCUT2D eigenvalue weighted by molar-refractivity contribution is 7.80. The Labute approximate surface area is 171 Å². The molecule has 0 aliphatic carbocycles. The largest absolute Gasteiger partial charge is 0.508 e. The topological polar surface area (TPSA) is 73.4 Å². The van der Waals surface area contributed by atoms with Crippen molar-refractivity contribution >= 4 is 63.7 Å². The van der Waals surface area contributed by atoms with Crippen LogP contribution in [0.5, 0.6) is 5.75 Å². The average molecular weight is 433 g/mol. The highest BCUT2D eigenvalue weighted by Gasteiger charge is 2.34. The fraction of sp³-hybridized carbons (Fsp3) is 0.176. The van der Waals surface area contributed by atoms with Gasteiger partial charge in [-0.2, -0.15) is 0 Å². The molecule has 4 N–H and O–H groups in total. The molecule has 0 unspecified atom stereocenters. The summed E-state index contributed by atoms with van der Waals surface area (Å²) in [5.74, 6) is -0.257. The van der Waals surface area contributed by atoms with E-state index in [1.165, 1.54) is 12.1 Å². The van der Waals surface area contributed by atoms with Crippen LogP contribution in [0.25, 0.3) is 0 Å². The van der Waals surface area contributed by atoms with E-state index in [9.17, 15) is 9.90 Å². The third-order valence-electron chi connectivity index (χ3n) is 3.22. The van der Waals surface area contributed by atoms with Gasteiger partial charge in [0.1, 0.15) is 11.9 Å². The van der Waals surface area contributed by atoms with Crippen molar-refractivity contribution in [1.29, 1.82) is 0 Å². The van der Waals surface area contributed by atoms with Crippen molar-refractivity contribution in [3.63, 3.8) is 0 Å². The van der Waals surface area contributed by atoms with Crippen LogP contribution in [0.1, 0.15) is 5.56 Å². The molecule has 0 aliphatic rings. The van der Waals surface area contributed by atoms with Gasteiger partial charge in [0.15, 0.2) is 5.11 Å². The van der Waals surface area contributed by atoms with Gasteiger partial charge in [-0.25, -0.2) is 0 Å². The SMILES string of the molecule is O=C(Cc1ccccc1)N[C@@H](NC(=S)Nc1cccc(O)c1)C(Cl)(Cl)Cl. The number of amides is 1. The Hall–Kier alpha value is -1.73. The zero-order valence-electron chi connectivity index (χ0n) is 13.4. The Morgan fingerprint density at radius 1 is 1.08 bits per heavy atom. The summed E-state index contributed by atoms with van der Waals surface area (Å²) in [5, 5.41) is 17.8. The molecule has 0 saturated carbocycles. The first kappa shape index (κ1) is 20.6.